The number of hydrogen-bond acceptors (Lipinski definition) is 7. The van der Waals surface area contributed by atoms with Crippen LogP contribution in [0.4, 0.5) is 0 Å². The molecule has 4 rings (SSSR count). The van der Waals surface area contributed by atoms with Crippen LogP contribution in [0.1, 0.15) is 291 Å². The highest BCUT2D eigenvalue weighted by atomic mass is 16.5. The van der Waals surface area contributed by atoms with E-state index in [4.69, 9.17) is 31.4 Å². The van der Waals surface area contributed by atoms with E-state index in [1.807, 2.05) is 0 Å². The zero-order chi connectivity index (χ0) is 51.5. The van der Waals surface area contributed by atoms with Crippen LogP contribution >= 0.6 is 0 Å². The van der Waals surface area contributed by atoms with E-state index < -0.39 is 0 Å². The SMILES string of the molecule is CCCCCCCCCCCCCCCCN(CCCCCCCCCCCCCCCC)CCC[C@@H](C)C1CC[C@H]2[C@@H]3[C@H](OCCCN)C[C@@H]4C[C@H](OCCCN)CC[C@]4(C)[C@H]3C[C@H](OCCCN)[C@]12C. The summed E-state index contributed by atoms with van der Waals surface area (Å²) in [5.74, 6) is 3.88. The second-order valence-electron chi connectivity index (χ2n) is 25.6. The Morgan fingerprint density at radius 3 is 1.40 bits per heavy atom. The monoisotopic (exact) mass is 1010 g/mol. The fraction of sp³-hybridized carbons (Fsp3) is 1.00. The molecular weight excluding hydrogens is 885 g/mol. The first-order chi connectivity index (χ1) is 35.3. The van der Waals surface area contributed by atoms with E-state index in [9.17, 15) is 0 Å². The molecule has 4 aliphatic rings. The van der Waals surface area contributed by atoms with E-state index in [1.54, 1.807) is 0 Å². The minimum absolute atomic E-state index is 0.165. The second-order valence-corrected chi connectivity index (χ2v) is 25.6. The second kappa shape index (κ2) is 39.1. The molecule has 0 aromatic carbocycles. The van der Waals surface area contributed by atoms with E-state index >= 15 is 0 Å². The zero-order valence-electron chi connectivity index (χ0n) is 49.2. The van der Waals surface area contributed by atoms with Gasteiger partial charge >= 0.3 is 0 Å². The Morgan fingerprint density at radius 2 is 0.917 bits per heavy atom. The number of fused-ring (bicyclic) bond motifs is 5. The van der Waals surface area contributed by atoms with Gasteiger partial charge in [-0.15, -0.1) is 0 Å². The van der Waals surface area contributed by atoms with Gasteiger partial charge in [-0.3, -0.25) is 0 Å². The first-order valence-electron chi connectivity index (χ1n) is 33.0. The molecule has 0 spiro atoms. The highest BCUT2D eigenvalue weighted by Crippen LogP contribution is 2.69. The summed E-state index contributed by atoms with van der Waals surface area (Å²) in [7, 11) is 0. The number of unbranched alkanes of at least 4 members (excludes halogenated alkanes) is 26. The number of ether oxygens (including phenoxy) is 3. The van der Waals surface area contributed by atoms with Crippen molar-refractivity contribution >= 4 is 0 Å². The molecule has 1 unspecified atom stereocenters. The predicted molar refractivity (Wildman–Crippen MR) is 312 cm³/mol. The molecule has 0 radical (unpaired) electrons. The van der Waals surface area contributed by atoms with E-state index in [-0.39, 0.29) is 5.41 Å². The van der Waals surface area contributed by atoms with Crippen molar-refractivity contribution in [2.24, 2.45) is 63.5 Å². The molecule has 426 valence electrons. The third-order valence-corrected chi connectivity index (χ3v) is 20.3. The fourth-order valence-corrected chi connectivity index (χ4v) is 15.8. The third kappa shape index (κ3) is 22.2. The van der Waals surface area contributed by atoms with Crippen LogP contribution in [0.2, 0.25) is 0 Å². The largest absolute Gasteiger partial charge is 0.378 e. The van der Waals surface area contributed by atoms with Gasteiger partial charge in [-0.2, -0.15) is 0 Å². The minimum Gasteiger partial charge on any atom is -0.378 e. The maximum absolute atomic E-state index is 7.21. The summed E-state index contributed by atoms with van der Waals surface area (Å²) in [6.45, 7) is 21.1. The van der Waals surface area contributed by atoms with Crippen molar-refractivity contribution in [1.29, 1.82) is 0 Å². The molecule has 0 bridgehead atoms. The molecule has 4 aliphatic carbocycles. The van der Waals surface area contributed by atoms with Gasteiger partial charge in [0, 0.05) is 25.2 Å². The van der Waals surface area contributed by atoms with E-state index in [0.29, 0.717) is 78.9 Å². The number of nitrogens with two attached hydrogens (primary N) is 3. The highest BCUT2D eigenvalue weighted by molar-refractivity contribution is 5.15. The Morgan fingerprint density at radius 1 is 0.472 bits per heavy atom. The molecule has 0 aromatic rings. The summed E-state index contributed by atoms with van der Waals surface area (Å²) in [4.78, 5) is 2.91. The van der Waals surface area contributed by atoms with Gasteiger partial charge in [0.05, 0.1) is 18.3 Å². The van der Waals surface area contributed by atoms with Crippen LogP contribution < -0.4 is 17.2 Å². The molecule has 72 heavy (non-hydrogen) atoms. The van der Waals surface area contributed by atoms with Crippen LogP contribution in [0.15, 0.2) is 0 Å². The number of hydrogen-bond donors (Lipinski definition) is 3. The van der Waals surface area contributed by atoms with Crippen LogP contribution in [0, 0.1) is 46.3 Å². The zero-order valence-corrected chi connectivity index (χ0v) is 49.2. The maximum atomic E-state index is 7.21. The van der Waals surface area contributed by atoms with Crippen LogP contribution in [-0.2, 0) is 14.2 Å². The van der Waals surface area contributed by atoms with E-state index in [1.165, 1.54) is 251 Å². The molecular formula is C65H128N4O3. The Bertz CT molecular complexity index is 1240. The molecule has 7 nitrogen and oxygen atoms in total. The van der Waals surface area contributed by atoms with Gasteiger partial charge in [0.1, 0.15) is 0 Å². The van der Waals surface area contributed by atoms with Crippen molar-refractivity contribution in [3.8, 4) is 0 Å². The topological polar surface area (TPSA) is 109 Å². The summed E-state index contributed by atoms with van der Waals surface area (Å²) in [5.41, 5.74) is 18.6. The van der Waals surface area contributed by atoms with E-state index in [0.717, 1.165) is 45.5 Å². The van der Waals surface area contributed by atoms with Crippen LogP contribution in [0.5, 0.6) is 0 Å². The summed E-state index contributed by atoms with van der Waals surface area (Å²) in [5, 5.41) is 0. The normalized spacial score (nSPS) is 28.6. The molecule has 7 heteroatoms. The minimum atomic E-state index is 0.165. The average Bonchev–Trinajstić information content (AvgIpc) is 3.74. The maximum Gasteiger partial charge on any atom is 0.0637 e. The van der Waals surface area contributed by atoms with Gasteiger partial charge in [0.2, 0.25) is 0 Å². The van der Waals surface area contributed by atoms with Crippen LogP contribution in [0.3, 0.4) is 0 Å². The Kier molecular flexibility index (Phi) is 34.9. The molecule has 4 fully saturated rings. The molecule has 0 saturated heterocycles. The van der Waals surface area contributed by atoms with E-state index in [2.05, 4.69) is 39.5 Å². The first-order valence-corrected chi connectivity index (χ1v) is 33.0. The molecule has 11 atom stereocenters. The standard InChI is InChI=1S/C65H128N4O3/c1-6-8-10-12-14-16-18-20-22-24-26-28-30-32-46-69(47-33-31-29-27-25-23-21-19-17-15-13-11-9-7-2)48-34-38-55(3)58-39-40-59-63-60(54-62(65(58,59)5)72-51-37-45-68)64(4)42-41-57(70-49-35-43-66)52-56(64)53-61(63)71-50-36-44-67/h55-63H,6-54,66-68H2,1-5H3/t55-,56+,57-,58?,59+,60+,61-,62+,63+,64+,65-/m1/s1. The molecule has 6 N–H and O–H groups in total. The lowest BCUT2D eigenvalue weighted by molar-refractivity contribution is -0.227. The van der Waals surface area contributed by atoms with Crippen molar-refractivity contribution in [3.05, 3.63) is 0 Å². The Labute approximate surface area is 449 Å². The smallest absolute Gasteiger partial charge is 0.0637 e. The van der Waals surface area contributed by atoms with Crippen molar-refractivity contribution in [3.63, 3.8) is 0 Å². The molecule has 0 aromatic heterocycles. The lowest BCUT2D eigenvalue weighted by Crippen LogP contribution is -2.63. The van der Waals surface area contributed by atoms with Gasteiger partial charge < -0.3 is 36.3 Å². The van der Waals surface area contributed by atoms with Crippen molar-refractivity contribution in [2.75, 3.05) is 59.1 Å². The fourth-order valence-electron chi connectivity index (χ4n) is 15.8. The number of nitrogens with zero attached hydrogens (tertiary/aromatic N) is 1. The van der Waals surface area contributed by atoms with Gasteiger partial charge in [0.15, 0.2) is 0 Å². The lowest BCUT2D eigenvalue weighted by Gasteiger charge is -2.65. The van der Waals surface area contributed by atoms with Gasteiger partial charge in [-0.25, -0.2) is 0 Å². The molecule has 4 saturated carbocycles. The van der Waals surface area contributed by atoms with Gasteiger partial charge in [-0.1, -0.05) is 202 Å². The van der Waals surface area contributed by atoms with Crippen molar-refractivity contribution in [2.45, 2.75) is 310 Å². The third-order valence-electron chi connectivity index (χ3n) is 20.3. The number of rotatable bonds is 47. The lowest BCUT2D eigenvalue weighted by atomic mass is 9.43. The summed E-state index contributed by atoms with van der Waals surface area (Å²) >= 11 is 0. The Hall–Kier alpha value is -0.280. The highest BCUT2D eigenvalue weighted by Gasteiger charge is 2.66. The average molecular weight is 1010 g/mol. The molecule has 0 heterocycles. The van der Waals surface area contributed by atoms with Gasteiger partial charge in [-0.05, 0) is 170 Å². The van der Waals surface area contributed by atoms with Crippen LogP contribution in [-0.4, -0.2) is 82.3 Å². The summed E-state index contributed by atoms with van der Waals surface area (Å²) in [6.07, 6.45) is 55.3. The van der Waals surface area contributed by atoms with Crippen molar-refractivity contribution in [1.82, 2.24) is 4.90 Å². The molecule has 0 aliphatic heterocycles. The Balaban J connectivity index is 1.32. The van der Waals surface area contributed by atoms with Crippen LogP contribution in [0.25, 0.3) is 0 Å². The first kappa shape index (κ1) is 64.2. The quantitative estimate of drug-likeness (QED) is 0.0521. The molecule has 0 amide bonds. The predicted octanol–water partition coefficient (Wildman–Crippen LogP) is 16.7. The van der Waals surface area contributed by atoms with Crippen molar-refractivity contribution < 1.29 is 14.2 Å². The summed E-state index contributed by atoms with van der Waals surface area (Å²) in [6, 6.07) is 0. The summed E-state index contributed by atoms with van der Waals surface area (Å²) < 4.78 is 20.8. The van der Waals surface area contributed by atoms with Gasteiger partial charge in [0.25, 0.3) is 0 Å².